The van der Waals surface area contributed by atoms with E-state index < -0.39 is 0 Å². The van der Waals surface area contributed by atoms with Gasteiger partial charge >= 0.3 is 0 Å². The van der Waals surface area contributed by atoms with Crippen LogP contribution in [0.3, 0.4) is 0 Å². The van der Waals surface area contributed by atoms with Crippen molar-refractivity contribution in [2.75, 3.05) is 19.6 Å². The molecule has 0 N–H and O–H groups in total. The fourth-order valence-electron chi connectivity index (χ4n) is 4.67. The molecule has 1 aliphatic carbocycles. The van der Waals surface area contributed by atoms with E-state index in [1.807, 2.05) is 0 Å². The van der Waals surface area contributed by atoms with Crippen LogP contribution in [-0.2, 0) is 0 Å². The molecule has 3 aliphatic rings. The SMILES string of the molecule is CC(C)(C)N1CCCC1c1ccccc1C1=CCN(C2CC2)CC1. The van der Waals surface area contributed by atoms with E-state index in [1.165, 1.54) is 50.8 Å². The molecule has 1 aromatic carbocycles. The Kier molecular flexibility index (Phi) is 4.30. The van der Waals surface area contributed by atoms with Gasteiger partial charge in [-0.15, -0.1) is 0 Å². The zero-order valence-electron chi connectivity index (χ0n) is 15.6. The third kappa shape index (κ3) is 3.19. The van der Waals surface area contributed by atoms with E-state index in [0.717, 1.165) is 12.6 Å². The van der Waals surface area contributed by atoms with Crippen LogP contribution in [0.1, 0.15) is 70.0 Å². The number of hydrogen-bond acceptors (Lipinski definition) is 2. The van der Waals surface area contributed by atoms with Gasteiger partial charge in [-0.2, -0.15) is 0 Å². The van der Waals surface area contributed by atoms with Crippen molar-refractivity contribution in [3.63, 3.8) is 0 Å². The average molecular weight is 325 g/mol. The molecule has 4 rings (SSSR count). The normalized spacial score (nSPS) is 26.6. The van der Waals surface area contributed by atoms with E-state index in [2.05, 4.69) is 60.9 Å². The highest BCUT2D eigenvalue weighted by Gasteiger charge is 2.35. The van der Waals surface area contributed by atoms with Gasteiger partial charge < -0.3 is 0 Å². The molecule has 24 heavy (non-hydrogen) atoms. The van der Waals surface area contributed by atoms with Crippen molar-refractivity contribution < 1.29 is 0 Å². The van der Waals surface area contributed by atoms with Gasteiger partial charge in [-0.1, -0.05) is 30.3 Å². The van der Waals surface area contributed by atoms with Crippen molar-refractivity contribution in [1.82, 2.24) is 9.80 Å². The van der Waals surface area contributed by atoms with Gasteiger partial charge in [0, 0.05) is 30.7 Å². The Morgan fingerprint density at radius 2 is 1.79 bits per heavy atom. The standard InChI is InChI=1S/C22H32N2/c1-22(2,3)24-14-6-9-21(24)20-8-5-4-7-19(20)17-12-15-23(16-13-17)18-10-11-18/h4-5,7-8,12,18,21H,6,9-11,13-16H2,1-3H3. The van der Waals surface area contributed by atoms with Crippen LogP contribution in [0.2, 0.25) is 0 Å². The van der Waals surface area contributed by atoms with Crippen LogP contribution in [0.4, 0.5) is 0 Å². The second-order valence-electron chi connectivity index (χ2n) is 8.81. The zero-order valence-corrected chi connectivity index (χ0v) is 15.6. The Morgan fingerprint density at radius 3 is 2.46 bits per heavy atom. The summed E-state index contributed by atoms with van der Waals surface area (Å²) < 4.78 is 0. The maximum Gasteiger partial charge on any atom is 0.0359 e. The first-order chi connectivity index (χ1) is 11.5. The van der Waals surface area contributed by atoms with Gasteiger partial charge in [0.2, 0.25) is 0 Å². The summed E-state index contributed by atoms with van der Waals surface area (Å²) in [5.74, 6) is 0. The Morgan fingerprint density at radius 1 is 1.00 bits per heavy atom. The minimum atomic E-state index is 0.248. The fourth-order valence-corrected chi connectivity index (χ4v) is 4.67. The van der Waals surface area contributed by atoms with E-state index in [-0.39, 0.29) is 5.54 Å². The van der Waals surface area contributed by atoms with Gasteiger partial charge in [0.15, 0.2) is 0 Å². The quantitative estimate of drug-likeness (QED) is 0.782. The van der Waals surface area contributed by atoms with Crippen molar-refractivity contribution in [1.29, 1.82) is 0 Å². The summed E-state index contributed by atoms with van der Waals surface area (Å²) >= 11 is 0. The summed E-state index contributed by atoms with van der Waals surface area (Å²) in [6.07, 6.45) is 9.19. The van der Waals surface area contributed by atoms with Crippen LogP contribution in [0.15, 0.2) is 30.3 Å². The number of likely N-dealkylation sites (tertiary alicyclic amines) is 1. The first kappa shape index (κ1) is 16.4. The Hall–Kier alpha value is -1.12. The maximum absolute atomic E-state index is 2.71. The first-order valence-corrected chi connectivity index (χ1v) is 9.83. The molecule has 0 aromatic heterocycles. The van der Waals surface area contributed by atoms with Crippen molar-refractivity contribution in [2.24, 2.45) is 0 Å². The second-order valence-corrected chi connectivity index (χ2v) is 8.81. The van der Waals surface area contributed by atoms with E-state index in [9.17, 15) is 0 Å². The van der Waals surface area contributed by atoms with Crippen molar-refractivity contribution in [3.05, 3.63) is 41.5 Å². The molecule has 2 aliphatic heterocycles. The lowest BCUT2D eigenvalue weighted by Crippen LogP contribution is -2.40. The predicted molar refractivity (Wildman–Crippen MR) is 102 cm³/mol. The minimum Gasteiger partial charge on any atom is -0.296 e. The molecule has 0 spiro atoms. The van der Waals surface area contributed by atoms with E-state index >= 15 is 0 Å². The predicted octanol–water partition coefficient (Wildman–Crippen LogP) is 4.87. The molecule has 0 amide bonds. The number of hydrogen-bond donors (Lipinski definition) is 0. The van der Waals surface area contributed by atoms with E-state index in [4.69, 9.17) is 0 Å². The van der Waals surface area contributed by atoms with Gasteiger partial charge in [0.25, 0.3) is 0 Å². The zero-order chi connectivity index (χ0) is 16.7. The summed E-state index contributed by atoms with van der Waals surface area (Å²) in [4.78, 5) is 5.38. The maximum atomic E-state index is 2.71. The molecule has 2 nitrogen and oxygen atoms in total. The molecule has 1 aromatic rings. The Labute approximate surface area is 147 Å². The molecule has 1 atom stereocenters. The largest absolute Gasteiger partial charge is 0.296 e. The lowest BCUT2D eigenvalue weighted by molar-refractivity contribution is 0.121. The fraction of sp³-hybridized carbons (Fsp3) is 0.636. The van der Waals surface area contributed by atoms with Crippen LogP contribution >= 0.6 is 0 Å². The van der Waals surface area contributed by atoms with Gasteiger partial charge in [-0.25, -0.2) is 0 Å². The molecule has 0 bridgehead atoms. The number of nitrogens with zero attached hydrogens (tertiary/aromatic N) is 2. The summed E-state index contributed by atoms with van der Waals surface area (Å²) in [6.45, 7) is 10.7. The van der Waals surface area contributed by atoms with Gasteiger partial charge in [-0.05, 0) is 76.1 Å². The molecule has 1 saturated carbocycles. The summed E-state index contributed by atoms with van der Waals surface area (Å²) in [5.41, 5.74) is 4.92. The van der Waals surface area contributed by atoms with Crippen molar-refractivity contribution >= 4 is 5.57 Å². The van der Waals surface area contributed by atoms with E-state index in [1.54, 1.807) is 11.1 Å². The van der Waals surface area contributed by atoms with Crippen LogP contribution < -0.4 is 0 Å². The molecule has 2 fully saturated rings. The summed E-state index contributed by atoms with van der Waals surface area (Å²) in [7, 11) is 0. The second kappa shape index (κ2) is 6.31. The topological polar surface area (TPSA) is 6.48 Å². The van der Waals surface area contributed by atoms with Gasteiger partial charge in [0.1, 0.15) is 0 Å². The van der Waals surface area contributed by atoms with Crippen LogP contribution in [0, 0.1) is 0 Å². The molecule has 1 unspecified atom stereocenters. The van der Waals surface area contributed by atoms with Gasteiger partial charge in [0.05, 0.1) is 0 Å². The molecule has 130 valence electrons. The molecule has 0 radical (unpaired) electrons. The highest BCUT2D eigenvalue weighted by molar-refractivity contribution is 5.70. The molecular weight excluding hydrogens is 292 g/mol. The highest BCUT2D eigenvalue weighted by Crippen LogP contribution is 2.41. The average Bonchev–Trinajstić information content (AvgIpc) is 3.30. The lowest BCUT2D eigenvalue weighted by Gasteiger charge is -2.38. The van der Waals surface area contributed by atoms with Crippen molar-refractivity contribution in [2.45, 2.75) is 70.5 Å². The molecule has 1 saturated heterocycles. The van der Waals surface area contributed by atoms with Gasteiger partial charge in [-0.3, -0.25) is 9.80 Å². The monoisotopic (exact) mass is 324 g/mol. The Bertz CT molecular complexity index is 621. The smallest absolute Gasteiger partial charge is 0.0359 e. The first-order valence-electron chi connectivity index (χ1n) is 9.83. The van der Waals surface area contributed by atoms with Crippen molar-refractivity contribution in [3.8, 4) is 0 Å². The number of rotatable bonds is 3. The molecule has 2 heterocycles. The third-order valence-electron chi connectivity index (χ3n) is 6.08. The van der Waals surface area contributed by atoms with Crippen LogP contribution in [0.25, 0.3) is 5.57 Å². The molecular formula is C22H32N2. The molecule has 2 heteroatoms. The van der Waals surface area contributed by atoms with Crippen LogP contribution in [-0.4, -0.2) is 41.0 Å². The third-order valence-corrected chi connectivity index (χ3v) is 6.08. The minimum absolute atomic E-state index is 0.248. The summed E-state index contributed by atoms with van der Waals surface area (Å²) in [6, 6.07) is 10.7. The van der Waals surface area contributed by atoms with E-state index in [0.29, 0.717) is 6.04 Å². The Balaban J connectivity index is 1.61. The highest BCUT2D eigenvalue weighted by atomic mass is 15.2. The number of benzene rings is 1. The lowest BCUT2D eigenvalue weighted by atomic mass is 9.89. The van der Waals surface area contributed by atoms with Crippen LogP contribution in [0.5, 0.6) is 0 Å². The summed E-state index contributed by atoms with van der Waals surface area (Å²) in [5, 5.41) is 0.